The van der Waals surface area contributed by atoms with E-state index < -0.39 is 0 Å². The second kappa shape index (κ2) is 7.78. The Labute approximate surface area is 136 Å². The zero-order valence-corrected chi connectivity index (χ0v) is 13.8. The van der Waals surface area contributed by atoms with Crippen LogP contribution in [0.25, 0.3) is 0 Å². The molecule has 23 heavy (non-hydrogen) atoms. The molecule has 0 bridgehead atoms. The first-order valence-corrected chi connectivity index (χ1v) is 7.67. The maximum absolute atomic E-state index is 12.2. The van der Waals surface area contributed by atoms with Gasteiger partial charge in [0.05, 0.1) is 7.11 Å². The molecule has 0 radical (unpaired) electrons. The molecule has 2 aromatic rings. The van der Waals surface area contributed by atoms with E-state index in [0.717, 1.165) is 17.1 Å². The van der Waals surface area contributed by atoms with Gasteiger partial charge in [-0.3, -0.25) is 4.79 Å². The third kappa shape index (κ3) is 4.56. The highest BCUT2D eigenvalue weighted by Crippen LogP contribution is 2.23. The highest BCUT2D eigenvalue weighted by atomic mass is 16.5. The monoisotopic (exact) mass is 316 g/mol. The number of hydrogen-bond donors (Lipinski definition) is 2. The van der Waals surface area contributed by atoms with Crippen LogP contribution in [0.4, 0.5) is 0 Å². The van der Waals surface area contributed by atoms with Crippen LogP contribution in [0.15, 0.2) is 36.7 Å². The molecule has 124 valence electrons. The van der Waals surface area contributed by atoms with Crippen LogP contribution in [-0.2, 0) is 11.8 Å². The van der Waals surface area contributed by atoms with Crippen LogP contribution in [-0.4, -0.2) is 28.6 Å². The van der Waals surface area contributed by atoms with Crippen LogP contribution < -0.4 is 15.8 Å². The first kappa shape index (κ1) is 17.0. The lowest BCUT2D eigenvalue weighted by Gasteiger charge is -2.20. The van der Waals surface area contributed by atoms with Crippen LogP contribution in [0, 0.1) is 0 Å². The molecule has 0 saturated heterocycles. The molecule has 3 N–H and O–H groups in total. The van der Waals surface area contributed by atoms with Crippen LogP contribution in [0.2, 0.25) is 0 Å². The van der Waals surface area contributed by atoms with Crippen molar-refractivity contribution in [3.05, 3.63) is 48.0 Å². The van der Waals surface area contributed by atoms with Gasteiger partial charge in [0.2, 0.25) is 5.91 Å². The van der Waals surface area contributed by atoms with Crippen molar-refractivity contribution in [3.63, 3.8) is 0 Å². The molecule has 2 rings (SSSR count). The molecule has 1 aromatic heterocycles. The van der Waals surface area contributed by atoms with Crippen molar-refractivity contribution in [1.82, 2.24) is 14.9 Å². The standard InChI is InChI=1S/C17H24N4O2/c1-12(18)4-9-15(22)20-16(17-19-10-11-21(17)2)13-5-7-14(23-3)8-6-13/h5-8,10-12,16H,4,9,18H2,1-3H3,(H,20,22). The van der Waals surface area contributed by atoms with Gasteiger partial charge in [0.1, 0.15) is 17.6 Å². The second-order valence-electron chi connectivity index (χ2n) is 5.69. The lowest BCUT2D eigenvalue weighted by molar-refractivity contribution is -0.121. The number of nitrogens with one attached hydrogen (secondary N) is 1. The van der Waals surface area contributed by atoms with Crippen molar-refractivity contribution in [1.29, 1.82) is 0 Å². The topological polar surface area (TPSA) is 82.2 Å². The summed E-state index contributed by atoms with van der Waals surface area (Å²) in [6, 6.07) is 7.32. The predicted octanol–water partition coefficient (Wildman–Crippen LogP) is 1.76. The fourth-order valence-corrected chi connectivity index (χ4v) is 2.34. The molecule has 2 unspecified atom stereocenters. The number of aryl methyl sites for hydroxylation is 1. The van der Waals surface area contributed by atoms with Crippen LogP contribution in [0.1, 0.15) is 37.2 Å². The smallest absolute Gasteiger partial charge is 0.220 e. The minimum absolute atomic E-state index is 0.00773. The molecule has 0 aliphatic rings. The minimum Gasteiger partial charge on any atom is -0.497 e. The van der Waals surface area contributed by atoms with Crippen LogP contribution in [0.5, 0.6) is 5.75 Å². The van der Waals surface area contributed by atoms with Crippen molar-refractivity contribution in [2.75, 3.05) is 7.11 Å². The number of rotatable bonds is 7. The summed E-state index contributed by atoms with van der Waals surface area (Å²) >= 11 is 0. The zero-order chi connectivity index (χ0) is 16.8. The van der Waals surface area contributed by atoms with E-state index in [1.165, 1.54) is 0 Å². The lowest BCUT2D eigenvalue weighted by atomic mass is 10.1. The number of nitrogens with two attached hydrogens (primary N) is 1. The highest BCUT2D eigenvalue weighted by Gasteiger charge is 2.20. The summed E-state index contributed by atoms with van der Waals surface area (Å²) in [6.07, 6.45) is 4.64. The number of carbonyl (C=O) groups excluding carboxylic acids is 1. The molecule has 0 spiro atoms. The SMILES string of the molecule is COc1ccc(C(NC(=O)CCC(C)N)c2nccn2C)cc1. The van der Waals surface area contributed by atoms with Gasteiger partial charge in [0, 0.05) is 31.9 Å². The van der Waals surface area contributed by atoms with Crippen LogP contribution >= 0.6 is 0 Å². The first-order chi connectivity index (χ1) is 11.0. The number of methoxy groups -OCH3 is 1. The van der Waals surface area contributed by atoms with Gasteiger partial charge in [-0.05, 0) is 31.0 Å². The van der Waals surface area contributed by atoms with Gasteiger partial charge in [-0.15, -0.1) is 0 Å². The Bertz CT molecular complexity index is 634. The molecule has 2 atom stereocenters. The molecular formula is C17H24N4O2. The minimum atomic E-state index is -0.304. The van der Waals surface area contributed by atoms with E-state index >= 15 is 0 Å². The van der Waals surface area contributed by atoms with Crippen LogP contribution in [0.3, 0.4) is 0 Å². The van der Waals surface area contributed by atoms with Gasteiger partial charge >= 0.3 is 0 Å². The summed E-state index contributed by atoms with van der Waals surface area (Å²) < 4.78 is 7.09. The average Bonchev–Trinajstić information content (AvgIpc) is 2.96. The van der Waals surface area contributed by atoms with E-state index in [9.17, 15) is 4.79 Å². The first-order valence-electron chi connectivity index (χ1n) is 7.67. The number of carbonyl (C=O) groups is 1. The van der Waals surface area contributed by atoms with Gasteiger partial charge in [-0.25, -0.2) is 4.98 Å². The van der Waals surface area contributed by atoms with E-state index in [2.05, 4.69) is 10.3 Å². The van der Waals surface area contributed by atoms with E-state index in [4.69, 9.17) is 10.5 Å². The predicted molar refractivity (Wildman–Crippen MR) is 89.1 cm³/mol. The zero-order valence-electron chi connectivity index (χ0n) is 13.8. The summed E-state index contributed by atoms with van der Waals surface area (Å²) in [5, 5.41) is 3.05. The summed E-state index contributed by atoms with van der Waals surface area (Å²) in [4.78, 5) is 16.6. The second-order valence-corrected chi connectivity index (χ2v) is 5.69. The van der Waals surface area contributed by atoms with Crippen molar-refractivity contribution < 1.29 is 9.53 Å². The molecule has 0 aliphatic carbocycles. The van der Waals surface area contributed by atoms with E-state index in [1.54, 1.807) is 13.3 Å². The summed E-state index contributed by atoms with van der Waals surface area (Å²) in [6.45, 7) is 1.90. The van der Waals surface area contributed by atoms with Gasteiger partial charge in [-0.1, -0.05) is 12.1 Å². The molecular weight excluding hydrogens is 292 g/mol. The number of amides is 1. The molecule has 6 nitrogen and oxygen atoms in total. The van der Waals surface area contributed by atoms with E-state index in [1.807, 2.05) is 49.0 Å². The number of ether oxygens (including phenoxy) is 1. The summed E-state index contributed by atoms with van der Waals surface area (Å²) in [5.41, 5.74) is 6.68. The maximum atomic E-state index is 12.2. The Hall–Kier alpha value is -2.34. The molecule has 0 aliphatic heterocycles. The maximum Gasteiger partial charge on any atom is 0.220 e. The third-order valence-corrected chi connectivity index (χ3v) is 3.70. The summed E-state index contributed by atoms with van der Waals surface area (Å²) in [7, 11) is 3.54. The van der Waals surface area contributed by atoms with Crippen molar-refractivity contribution in [3.8, 4) is 5.75 Å². The molecule has 1 amide bonds. The van der Waals surface area contributed by atoms with Crippen molar-refractivity contribution in [2.24, 2.45) is 12.8 Å². The quantitative estimate of drug-likeness (QED) is 0.815. The Morgan fingerprint density at radius 3 is 2.61 bits per heavy atom. The Balaban J connectivity index is 2.21. The molecule has 1 aromatic carbocycles. The fourth-order valence-electron chi connectivity index (χ4n) is 2.34. The van der Waals surface area contributed by atoms with Gasteiger partial charge < -0.3 is 20.4 Å². The number of hydrogen-bond acceptors (Lipinski definition) is 4. The number of benzene rings is 1. The van der Waals surface area contributed by atoms with Crippen molar-refractivity contribution in [2.45, 2.75) is 31.8 Å². The Morgan fingerprint density at radius 2 is 2.09 bits per heavy atom. The normalized spacial score (nSPS) is 13.4. The average molecular weight is 316 g/mol. The Kier molecular flexibility index (Phi) is 5.76. The fraction of sp³-hybridized carbons (Fsp3) is 0.412. The molecule has 0 fully saturated rings. The van der Waals surface area contributed by atoms with Gasteiger partial charge in [-0.2, -0.15) is 0 Å². The molecule has 6 heteroatoms. The van der Waals surface area contributed by atoms with Gasteiger partial charge in [0.15, 0.2) is 0 Å². The van der Waals surface area contributed by atoms with Crippen molar-refractivity contribution >= 4 is 5.91 Å². The largest absolute Gasteiger partial charge is 0.497 e. The highest BCUT2D eigenvalue weighted by molar-refractivity contribution is 5.76. The summed E-state index contributed by atoms with van der Waals surface area (Å²) in [5.74, 6) is 1.52. The number of aromatic nitrogens is 2. The molecule has 0 saturated carbocycles. The number of nitrogens with zero attached hydrogens (tertiary/aromatic N) is 2. The van der Waals surface area contributed by atoms with E-state index in [-0.39, 0.29) is 18.0 Å². The molecule has 1 heterocycles. The van der Waals surface area contributed by atoms with E-state index in [0.29, 0.717) is 12.8 Å². The van der Waals surface area contributed by atoms with Gasteiger partial charge in [0.25, 0.3) is 0 Å². The number of imidazole rings is 1. The Morgan fingerprint density at radius 1 is 1.39 bits per heavy atom. The lowest BCUT2D eigenvalue weighted by Crippen LogP contribution is -2.32. The third-order valence-electron chi connectivity index (χ3n) is 3.70.